The third kappa shape index (κ3) is 4.68. The topological polar surface area (TPSA) is 82.1 Å². The number of hydrogen-bond acceptors (Lipinski definition) is 4. The highest BCUT2D eigenvalue weighted by atomic mass is 16.5. The Labute approximate surface area is 113 Å². The summed E-state index contributed by atoms with van der Waals surface area (Å²) in [7, 11) is 1.47. The van der Waals surface area contributed by atoms with Crippen LogP contribution in [0.5, 0.6) is 0 Å². The number of carboxylic acid groups (broad SMARTS) is 1. The van der Waals surface area contributed by atoms with Gasteiger partial charge in [-0.15, -0.1) is 0 Å². The highest BCUT2D eigenvalue weighted by Gasteiger charge is 2.24. The zero-order valence-electron chi connectivity index (χ0n) is 11.8. The Hall–Kier alpha value is -1.34. The zero-order valence-corrected chi connectivity index (χ0v) is 11.8. The summed E-state index contributed by atoms with van der Waals surface area (Å²) in [6, 6.07) is -1.24. The average Bonchev–Trinajstić information content (AvgIpc) is 2.43. The van der Waals surface area contributed by atoms with Crippen LogP contribution in [0.15, 0.2) is 0 Å². The molecule has 1 heterocycles. The van der Waals surface area contributed by atoms with Gasteiger partial charge in [-0.1, -0.05) is 6.92 Å². The van der Waals surface area contributed by atoms with Crippen molar-refractivity contribution < 1.29 is 19.4 Å². The molecule has 0 bridgehead atoms. The number of nitrogens with zero attached hydrogens (tertiary/aromatic N) is 2. The van der Waals surface area contributed by atoms with Gasteiger partial charge in [0.15, 0.2) is 0 Å². The van der Waals surface area contributed by atoms with Crippen LogP contribution in [0.2, 0.25) is 0 Å². The molecule has 2 unspecified atom stereocenters. The molecule has 1 aliphatic heterocycles. The molecular weight excluding hydrogens is 250 g/mol. The lowest BCUT2D eigenvalue weighted by atomic mass is 10.2. The number of carbonyl (C=O) groups excluding carboxylic acids is 1. The molecule has 1 aliphatic rings. The molecule has 1 fully saturated rings. The SMILES string of the molecule is CCN1CCOC(CNC(=O)N(C)C(C)C(=O)O)C1. The lowest BCUT2D eigenvalue weighted by Crippen LogP contribution is -2.51. The van der Waals surface area contributed by atoms with Crippen LogP contribution in [0.4, 0.5) is 4.79 Å². The van der Waals surface area contributed by atoms with Gasteiger partial charge in [-0.3, -0.25) is 4.90 Å². The molecule has 2 amide bonds. The van der Waals surface area contributed by atoms with Crippen molar-refractivity contribution >= 4 is 12.0 Å². The summed E-state index contributed by atoms with van der Waals surface area (Å²) in [5, 5.41) is 11.5. The predicted molar refractivity (Wildman–Crippen MR) is 70.1 cm³/mol. The number of morpholine rings is 1. The quantitative estimate of drug-likeness (QED) is 0.726. The molecule has 0 radical (unpaired) electrons. The lowest BCUT2D eigenvalue weighted by Gasteiger charge is -2.32. The van der Waals surface area contributed by atoms with Crippen molar-refractivity contribution in [1.82, 2.24) is 15.1 Å². The van der Waals surface area contributed by atoms with Crippen molar-refractivity contribution in [2.75, 3.05) is 39.8 Å². The van der Waals surface area contributed by atoms with Crippen LogP contribution >= 0.6 is 0 Å². The van der Waals surface area contributed by atoms with Crippen LogP contribution in [0.25, 0.3) is 0 Å². The Bertz CT molecular complexity index is 324. The predicted octanol–water partition coefficient (Wildman–Crippen LogP) is -0.178. The van der Waals surface area contributed by atoms with Crippen LogP contribution in [0.3, 0.4) is 0 Å². The number of nitrogens with one attached hydrogen (secondary N) is 1. The number of carbonyl (C=O) groups is 2. The van der Waals surface area contributed by atoms with E-state index in [9.17, 15) is 9.59 Å². The first kappa shape index (κ1) is 15.7. The molecule has 0 aromatic carbocycles. The van der Waals surface area contributed by atoms with E-state index in [0.29, 0.717) is 13.2 Å². The first-order valence-corrected chi connectivity index (χ1v) is 6.53. The van der Waals surface area contributed by atoms with Gasteiger partial charge in [-0.25, -0.2) is 9.59 Å². The highest BCUT2D eigenvalue weighted by molar-refractivity contribution is 5.82. The summed E-state index contributed by atoms with van der Waals surface area (Å²) in [5.74, 6) is -1.02. The number of urea groups is 1. The second-order valence-corrected chi connectivity index (χ2v) is 4.70. The van der Waals surface area contributed by atoms with E-state index in [1.807, 2.05) is 0 Å². The van der Waals surface area contributed by atoms with Crippen molar-refractivity contribution in [2.45, 2.75) is 26.0 Å². The van der Waals surface area contributed by atoms with Gasteiger partial charge in [0.1, 0.15) is 6.04 Å². The van der Waals surface area contributed by atoms with Gasteiger partial charge in [-0.2, -0.15) is 0 Å². The molecule has 7 nitrogen and oxygen atoms in total. The highest BCUT2D eigenvalue weighted by Crippen LogP contribution is 2.04. The van der Waals surface area contributed by atoms with Gasteiger partial charge >= 0.3 is 12.0 Å². The maximum Gasteiger partial charge on any atom is 0.326 e. The molecule has 0 saturated carbocycles. The van der Waals surface area contributed by atoms with Crippen LogP contribution in [0.1, 0.15) is 13.8 Å². The Morgan fingerprint density at radius 2 is 2.26 bits per heavy atom. The Balaban J connectivity index is 2.35. The van der Waals surface area contributed by atoms with E-state index >= 15 is 0 Å². The van der Waals surface area contributed by atoms with Crippen molar-refractivity contribution in [2.24, 2.45) is 0 Å². The average molecular weight is 273 g/mol. The Morgan fingerprint density at radius 3 is 2.84 bits per heavy atom. The van der Waals surface area contributed by atoms with E-state index in [-0.39, 0.29) is 6.10 Å². The first-order valence-electron chi connectivity index (χ1n) is 6.53. The Morgan fingerprint density at radius 1 is 1.58 bits per heavy atom. The lowest BCUT2D eigenvalue weighted by molar-refractivity contribution is -0.141. The van der Waals surface area contributed by atoms with E-state index in [0.717, 1.165) is 19.6 Å². The van der Waals surface area contributed by atoms with E-state index < -0.39 is 18.0 Å². The van der Waals surface area contributed by atoms with E-state index in [1.165, 1.54) is 18.9 Å². The maximum absolute atomic E-state index is 11.8. The first-order chi connectivity index (χ1) is 8.95. The fourth-order valence-corrected chi connectivity index (χ4v) is 1.86. The number of carboxylic acids is 1. The maximum atomic E-state index is 11.8. The van der Waals surface area contributed by atoms with Crippen molar-refractivity contribution in [3.8, 4) is 0 Å². The summed E-state index contributed by atoms with van der Waals surface area (Å²) in [5.41, 5.74) is 0. The molecule has 110 valence electrons. The Kier molecular flexibility index (Phi) is 6.04. The number of ether oxygens (including phenoxy) is 1. The fourth-order valence-electron chi connectivity index (χ4n) is 1.86. The molecule has 1 saturated heterocycles. The fraction of sp³-hybridized carbons (Fsp3) is 0.833. The second-order valence-electron chi connectivity index (χ2n) is 4.70. The van der Waals surface area contributed by atoms with Gasteiger partial charge in [0.2, 0.25) is 0 Å². The van der Waals surface area contributed by atoms with Gasteiger partial charge in [0.05, 0.1) is 12.7 Å². The van der Waals surface area contributed by atoms with Crippen LogP contribution in [-0.4, -0.2) is 78.9 Å². The standard InChI is InChI=1S/C12H23N3O4/c1-4-15-5-6-19-10(8-15)7-13-12(18)14(3)9(2)11(16)17/h9-10H,4-8H2,1-3H3,(H,13,18)(H,16,17). The second kappa shape index (κ2) is 7.30. The van der Waals surface area contributed by atoms with Crippen LogP contribution in [0, 0.1) is 0 Å². The number of aliphatic carboxylic acids is 1. The van der Waals surface area contributed by atoms with Crippen molar-refractivity contribution in [3.05, 3.63) is 0 Å². The molecule has 0 aliphatic carbocycles. The van der Waals surface area contributed by atoms with Gasteiger partial charge < -0.3 is 20.1 Å². The van der Waals surface area contributed by atoms with Crippen LogP contribution < -0.4 is 5.32 Å². The minimum absolute atomic E-state index is 0.0359. The normalized spacial score (nSPS) is 21.7. The van der Waals surface area contributed by atoms with E-state index in [4.69, 9.17) is 9.84 Å². The third-order valence-electron chi connectivity index (χ3n) is 3.41. The summed E-state index contributed by atoms with van der Waals surface area (Å²) >= 11 is 0. The summed E-state index contributed by atoms with van der Waals surface area (Å²) < 4.78 is 5.56. The molecule has 1 rings (SSSR count). The van der Waals surface area contributed by atoms with Gasteiger partial charge in [-0.05, 0) is 13.5 Å². The summed E-state index contributed by atoms with van der Waals surface area (Å²) in [6.07, 6.45) is -0.0359. The van der Waals surface area contributed by atoms with Gasteiger partial charge in [0, 0.05) is 26.7 Å². The molecular formula is C12H23N3O4. The summed E-state index contributed by atoms with van der Waals surface area (Å²) in [6.45, 7) is 7.28. The number of rotatable bonds is 5. The third-order valence-corrected chi connectivity index (χ3v) is 3.41. The molecule has 7 heteroatoms. The largest absolute Gasteiger partial charge is 0.480 e. The molecule has 0 aromatic heterocycles. The minimum Gasteiger partial charge on any atom is -0.480 e. The van der Waals surface area contributed by atoms with Crippen LogP contribution in [-0.2, 0) is 9.53 Å². The number of likely N-dealkylation sites (N-methyl/N-ethyl adjacent to an activating group) is 2. The summed E-state index contributed by atoms with van der Waals surface area (Å²) in [4.78, 5) is 26.0. The van der Waals surface area contributed by atoms with E-state index in [2.05, 4.69) is 17.1 Å². The molecule has 2 atom stereocenters. The minimum atomic E-state index is -1.02. The molecule has 19 heavy (non-hydrogen) atoms. The van der Waals surface area contributed by atoms with Crippen molar-refractivity contribution in [1.29, 1.82) is 0 Å². The zero-order chi connectivity index (χ0) is 14.4. The number of hydrogen-bond donors (Lipinski definition) is 2. The number of amides is 2. The smallest absolute Gasteiger partial charge is 0.326 e. The monoisotopic (exact) mass is 273 g/mol. The molecule has 0 spiro atoms. The molecule has 2 N–H and O–H groups in total. The van der Waals surface area contributed by atoms with E-state index in [1.54, 1.807) is 0 Å². The van der Waals surface area contributed by atoms with Gasteiger partial charge in [0.25, 0.3) is 0 Å². The van der Waals surface area contributed by atoms with Crippen molar-refractivity contribution in [3.63, 3.8) is 0 Å². The molecule has 0 aromatic rings.